The highest BCUT2D eigenvalue weighted by molar-refractivity contribution is 5.85. The first-order chi connectivity index (χ1) is 12.1. The molecule has 0 heterocycles. The van der Waals surface area contributed by atoms with E-state index < -0.39 is 6.04 Å². The fraction of sp³-hybridized carbons (Fsp3) is 0.316. The summed E-state index contributed by atoms with van der Waals surface area (Å²) in [5.74, 6) is 1.52. The molecule has 0 saturated heterocycles. The monoisotopic (exact) mass is 380 g/mol. The van der Waals surface area contributed by atoms with Crippen molar-refractivity contribution in [1.29, 1.82) is 0 Å². The van der Waals surface area contributed by atoms with E-state index in [2.05, 4.69) is 5.32 Å². The summed E-state index contributed by atoms with van der Waals surface area (Å²) in [6.45, 7) is 0.283. The predicted octanol–water partition coefficient (Wildman–Crippen LogP) is 2.32. The van der Waals surface area contributed by atoms with E-state index >= 15 is 0 Å². The van der Waals surface area contributed by atoms with Crippen LogP contribution in [0.3, 0.4) is 0 Å². The predicted molar refractivity (Wildman–Crippen MR) is 103 cm³/mol. The lowest BCUT2D eigenvalue weighted by atomic mass is 10.1. The van der Waals surface area contributed by atoms with Crippen molar-refractivity contribution in [2.75, 3.05) is 21.3 Å². The maximum atomic E-state index is 12.3. The van der Waals surface area contributed by atoms with Crippen molar-refractivity contribution in [3.05, 3.63) is 53.6 Å². The zero-order chi connectivity index (χ0) is 18.2. The summed E-state index contributed by atoms with van der Waals surface area (Å²) in [6.07, 6.45) is 0.482. The van der Waals surface area contributed by atoms with Crippen molar-refractivity contribution < 1.29 is 19.0 Å². The summed E-state index contributed by atoms with van der Waals surface area (Å²) in [5, 5.41) is 2.84. The van der Waals surface area contributed by atoms with Gasteiger partial charge in [0.1, 0.15) is 5.75 Å². The molecule has 2 rings (SSSR count). The Hall–Kier alpha value is -2.44. The Bertz CT molecular complexity index is 710. The van der Waals surface area contributed by atoms with E-state index in [9.17, 15) is 4.79 Å². The molecule has 0 unspecified atom stereocenters. The quantitative estimate of drug-likeness (QED) is 0.734. The first kappa shape index (κ1) is 21.6. The Labute approximate surface area is 160 Å². The number of carbonyl (C=O) groups is 1. The molecule has 6 nitrogen and oxygen atoms in total. The third kappa shape index (κ3) is 5.54. The Morgan fingerprint density at radius 1 is 1.00 bits per heavy atom. The minimum atomic E-state index is -0.617. The minimum absolute atomic E-state index is 0. The summed E-state index contributed by atoms with van der Waals surface area (Å²) in [4.78, 5) is 12.3. The average Bonchev–Trinajstić information content (AvgIpc) is 2.65. The molecule has 1 amide bonds. The third-order valence-electron chi connectivity index (χ3n) is 3.87. The van der Waals surface area contributed by atoms with Gasteiger partial charge >= 0.3 is 0 Å². The summed E-state index contributed by atoms with van der Waals surface area (Å²) < 4.78 is 15.9. The van der Waals surface area contributed by atoms with Gasteiger partial charge in [0.2, 0.25) is 5.91 Å². The highest BCUT2D eigenvalue weighted by atomic mass is 35.5. The molecule has 0 saturated carbocycles. The number of amides is 1. The van der Waals surface area contributed by atoms with Crippen molar-refractivity contribution in [3.8, 4) is 17.2 Å². The summed E-state index contributed by atoms with van der Waals surface area (Å²) in [6, 6.07) is 12.6. The number of carbonyl (C=O) groups excluding carboxylic acids is 1. The van der Waals surface area contributed by atoms with Gasteiger partial charge in [-0.1, -0.05) is 30.3 Å². The second-order valence-corrected chi connectivity index (χ2v) is 5.53. The van der Waals surface area contributed by atoms with Crippen molar-refractivity contribution in [2.24, 2.45) is 5.73 Å². The lowest BCUT2D eigenvalue weighted by Crippen LogP contribution is -2.41. The second-order valence-electron chi connectivity index (χ2n) is 5.53. The van der Waals surface area contributed by atoms with Crippen LogP contribution < -0.4 is 25.3 Å². The Morgan fingerprint density at radius 2 is 1.58 bits per heavy atom. The molecule has 0 fully saturated rings. The molecule has 0 radical (unpaired) electrons. The van der Waals surface area contributed by atoms with Crippen molar-refractivity contribution in [1.82, 2.24) is 5.32 Å². The molecule has 0 aliphatic carbocycles. The molecular formula is C19H25ClN2O4. The molecule has 2 aromatic carbocycles. The SMILES string of the molecule is COc1cc(OC)c(OC)cc1CNC(=O)[C@@H](N)Cc1ccccc1.Cl. The first-order valence-electron chi connectivity index (χ1n) is 7.95. The Balaban J connectivity index is 0.00000338. The maximum absolute atomic E-state index is 12.3. The van der Waals surface area contributed by atoms with Gasteiger partial charge < -0.3 is 25.3 Å². The zero-order valence-corrected chi connectivity index (χ0v) is 16.0. The second kappa shape index (κ2) is 10.5. The lowest BCUT2D eigenvalue weighted by Gasteiger charge is -2.16. The highest BCUT2D eigenvalue weighted by Crippen LogP contribution is 2.34. The molecule has 26 heavy (non-hydrogen) atoms. The van der Waals surface area contributed by atoms with Crippen LogP contribution in [-0.2, 0) is 17.8 Å². The molecular weight excluding hydrogens is 356 g/mol. The lowest BCUT2D eigenvalue weighted by molar-refractivity contribution is -0.122. The molecule has 0 bridgehead atoms. The Kier molecular flexibility index (Phi) is 8.75. The maximum Gasteiger partial charge on any atom is 0.237 e. The van der Waals surface area contributed by atoms with Crippen LogP contribution in [-0.4, -0.2) is 33.3 Å². The van der Waals surface area contributed by atoms with Gasteiger partial charge in [0.05, 0.1) is 27.4 Å². The zero-order valence-electron chi connectivity index (χ0n) is 15.2. The normalized spacial score (nSPS) is 11.1. The molecule has 0 spiro atoms. The summed E-state index contributed by atoms with van der Waals surface area (Å²) >= 11 is 0. The van der Waals surface area contributed by atoms with Crippen molar-refractivity contribution in [2.45, 2.75) is 19.0 Å². The van der Waals surface area contributed by atoms with Crippen LogP contribution >= 0.6 is 12.4 Å². The third-order valence-corrected chi connectivity index (χ3v) is 3.87. The van der Waals surface area contributed by atoms with Gasteiger partial charge in [0, 0.05) is 18.2 Å². The number of ether oxygens (including phenoxy) is 3. The number of nitrogens with one attached hydrogen (secondary N) is 1. The van der Waals surface area contributed by atoms with Gasteiger partial charge in [0.25, 0.3) is 0 Å². The van der Waals surface area contributed by atoms with E-state index in [0.717, 1.165) is 11.1 Å². The van der Waals surface area contributed by atoms with Crippen LogP contribution in [0.2, 0.25) is 0 Å². The first-order valence-corrected chi connectivity index (χ1v) is 7.95. The van der Waals surface area contributed by atoms with Gasteiger partial charge in [0.15, 0.2) is 11.5 Å². The minimum Gasteiger partial charge on any atom is -0.496 e. The van der Waals surface area contributed by atoms with E-state index in [4.69, 9.17) is 19.9 Å². The topological polar surface area (TPSA) is 82.8 Å². The number of methoxy groups -OCH3 is 3. The van der Waals surface area contributed by atoms with Crippen LogP contribution in [0.25, 0.3) is 0 Å². The molecule has 3 N–H and O–H groups in total. The van der Waals surface area contributed by atoms with Gasteiger partial charge in [-0.3, -0.25) is 4.79 Å². The fourth-order valence-electron chi connectivity index (χ4n) is 2.50. The van der Waals surface area contributed by atoms with Gasteiger partial charge in [-0.05, 0) is 18.1 Å². The molecule has 2 aromatic rings. The number of hydrogen-bond donors (Lipinski definition) is 2. The molecule has 0 aliphatic rings. The molecule has 0 aliphatic heterocycles. The van der Waals surface area contributed by atoms with E-state index in [1.165, 1.54) is 0 Å². The largest absolute Gasteiger partial charge is 0.496 e. The number of halogens is 1. The average molecular weight is 381 g/mol. The molecule has 7 heteroatoms. The van der Waals surface area contributed by atoms with Crippen molar-refractivity contribution in [3.63, 3.8) is 0 Å². The summed E-state index contributed by atoms with van der Waals surface area (Å²) in [5.41, 5.74) is 7.80. The van der Waals surface area contributed by atoms with Crippen LogP contribution in [0.5, 0.6) is 17.2 Å². The summed E-state index contributed by atoms with van der Waals surface area (Å²) in [7, 11) is 4.68. The smallest absolute Gasteiger partial charge is 0.237 e. The van der Waals surface area contributed by atoms with Gasteiger partial charge in [-0.2, -0.15) is 0 Å². The molecule has 142 valence electrons. The number of hydrogen-bond acceptors (Lipinski definition) is 5. The number of rotatable bonds is 8. The van der Waals surface area contributed by atoms with Crippen LogP contribution in [0, 0.1) is 0 Å². The van der Waals surface area contributed by atoms with Gasteiger partial charge in [-0.15, -0.1) is 12.4 Å². The van der Waals surface area contributed by atoms with Crippen molar-refractivity contribution >= 4 is 18.3 Å². The van der Waals surface area contributed by atoms with E-state index in [1.54, 1.807) is 33.5 Å². The van der Waals surface area contributed by atoms with Crippen LogP contribution in [0.4, 0.5) is 0 Å². The van der Waals surface area contributed by atoms with Crippen LogP contribution in [0.15, 0.2) is 42.5 Å². The number of benzene rings is 2. The van der Waals surface area contributed by atoms with Crippen LogP contribution in [0.1, 0.15) is 11.1 Å². The standard InChI is InChI=1S/C19H24N2O4.ClH/c1-23-16-11-18(25-3)17(24-2)10-14(16)12-21-19(22)15(20)9-13-7-5-4-6-8-13;/h4-8,10-11,15H,9,12,20H2,1-3H3,(H,21,22);1H/t15-;/m0./s1. The van der Waals surface area contributed by atoms with E-state index in [0.29, 0.717) is 23.7 Å². The fourth-order valence-corrected chi connectivity index (χ4v) is 2.50. The molecule has 1 atom stereocenters. The number of nitrogens with two attached hydrogens (primary N) is 1. The van der Waals surface area contributed by atoms with E-state index in [1.807, 2.05) is 30.3 Å². The highest BCUT2D eigenvalue weighted by Gasteiger charge is 2.16. The molecule has 0 aromatic heterocycles. The van der Waals surface area contributed by atoms with E-state index in [-0.39, 0.29) is 24.9 Å². The Morgan fingerprint density at radius 3 is 2.15 bits per heavy atom. The van der Waals surface area contributed by atoms with Gasteiger partial charge in [-0.25, -0.2) is 0 Å².